The van der Waals surface area contributed by atoms with Gasteiger partial charge in [0.15, 0.2) is 11.5 Å². The summed E-state index contributed by atoms with van der Waals surface area (Å²) in [5, 5.41) is 12.2. The molecule has 3 rings (SSSR count). The van der Waals surface area contributed by atoms with E-state index < -0.39 is 5.91 Å². The summed E-state index contributed by atoms with van der Waals surface area (Å²) in [6.07, 6.45) is 3.51. The van der Waals surface area contributed by atoms with E-state index in [0.717, 1.165) is 52.3 Å². The molecule has 1 amide bonds. The van der Waals surface area contributed by atoms with Crippen LogP contribution >= 0.6 is 0 Å². The summed E-state index contributed by atoms with van der Waals surface area (Å²) in [7, 11) is 1.58. The molecule has 2 heterocycles. The lowest BCUT2D eigenvalue weighted by atomic mass is 10.1. The molecule has 0 bridgehead atoms. The van der Waals surface area contributed by atoms with E-state index in [4.69, 9.17) is 18.9 Å². The number of nitrogens with one attached hydrogen (secondary N) is 1. The molecule has 0 spiro atoms. The molecule has 2 aliphatic heterocycles. The van der Waals surface area contributed by atoms with Crippen LogP contribution in [0.1, 0.15) is 18.4 Å². The topological polar surface area (TPSA) is 93.0 Å². The van der Waals surface area contributed by atoms with Crippen molar-refractivity contribution >= 4 is 12.0 Å². The van der Waals surface area contributed by atoms with E-state index in [2.05, 4.69) is 10.2 Å². The SMILES string of the molecule is COc1ccc(/C=C(/C#N)C(=O)NC[C@H]2CCCO2)cc1OCCN1CCOCC1. The maximum Gasteiger partial charge on any atom is 0.262 e. The average molecular weight is 415 g/mol. The lowest BCUT2D eigenvalue weighted by Gasteiger charge is -2.26. The maximum atomic E-state index is 12.4. The highest BCUT2D eigenvalue weighted by Crippen LogP contribution is 2.29. The van der Waals surface area contributed by atoms with Crippen LogP contribution < -0.4 is 14.8 Å². The van der Waals surface area contributed by atoms with Gasteiger partial charge in [0, 0.05) is 32.8 Å². The number of nitriles is 1. The first-order valence-electron chi connectivity index (χ1n) is 10.3. The zero-order valence-electron chi connectivity index (χ0n) is 17.4. The zero-order chi connectivity index (χ0) is 21.2. The summed E-state index contributed by atoms with van der Waals surface area (Å²) in [4.78, 5) is 14.6. The third kappa shape index (κ3) is 6.46. The minimum absolute atomic E-state index is 0.0290. The zero-order valence-corrected chi connectivity index (χ0v) is 17.4. The summed E-state index contributed by atoms with van der Waals surface area (Å²) in [5.41, 5.74) is 0.735. The standard InChI is InChI=1S/C22H29N3O5/c1-27-20-5-4-17(14-21(20)30-12-8-25-6-10-28-11-7-25)13-18(15-23)22(26)24-16-19-3-2-9-29-19/h4-5,13-14,19H,2-3,6-12,16H2,1H3,(H,24,26)/b18-13-/t19-/m1/s1. The van der Waals surface area contributed by atoms with E-state index in [0.29, 0.717) is 30.2 Å². The van der Waals surface area contributed by atoms with Gasteiger partial charge in [-0.25, -0.2) is 0 Å². The molecule has 8 nitrogen and oxygen atoms in total. The van der Waals surface area contributed by atoms with E-state index in [-0.39, 0.29) is 11.7 Å². The van der Waals surface area contributed by atoms with Crippen molar-refractivity contribution in [2.24, 2.45) is 0 Å². The molecule has 1 aromatic rings. The van der Waals surface area contributed by atoms with Crippen molar-refractivity contribution in [3.63, 3.8) is 0 Å². The van der Waals surface area contributed by atoms with Gasteiger partial charge in [0.05, 0.1) is 26.4 Å². The smallest absolute Gasteiger partial charge is 0.262 e. The molecular weight excluding hydrogens is 386 g/mol. The van der Waals surface area contributed by atoms with Crippen molar-refractivity contribution in [2.45, 2.75) is 18.9 Å². The Hall–Kier alpha value is -2.60. The van der Waals surface area contributed by atoms with Gasteiger partial charge in [0.1, 0.15) is 18.2 Å². The number of hydrogen-bond donors (Lipinski definition) is 1. The number of morpholine rings is 1. The van der Waals surface area contributed by atoms with E-state index >= 15 is 0 Å². The molecule has 0 unspecified atom stereocenters. The van der Waals surface area contributed by atoms with Gasteiger partial charge in [-0.05, 0) is 36.6 Å². The van der Waals surface area contributed by atoms with E-state index in [1.165, 1.54) is 0 Å². The van der Waals surface area contributed by atoms with Gasteiger partial charge in [0.2, 0.25) is 0 Å². The number of methoxy groups -OCH3 is 1. The normalized spacial score (nSPS) is 19.9. The third-order valence-electron chi connectivity index (χ3n) is 5.15. The van der Waals surface area contributed by atoms with Crippen molar-refractivity contribution in [3.05, 3.63) is 29.3 Å². The Bertz CT molecular complexity index is 777. The minimum Gasteiger partial charge on any atom is -0.493 e. The first-order chi connectivity index (χ1) is 14.7. The van der Waals surface area contributed by atoms with Crippen molar-refractivity contribution in [3.8, 4) is 17.6 Å². The van der Waals surface area contributed by atoms with Crippen molar-refractivity contribution in [1.29, 1.82) is 5.26 Å². The Morgan fingerprint density at radius 3 is 2.87 bits per heavy atom. The van der Waals surface area contributed by atoms with Crippen molar-refractivity contribution in [1.82, 2.24) is 10.2 Å². The molecule has 2 saturated heterocycles. The highest BCUT2D eigenvalue weighted by atomic mass is 16.5. The molecular formula is C22H29N3O5. The Morgan fingerprint density at radius 2 is 2.17 bits per heavy atom. The molecule has 2 aliphatic rings. The summed E-state index contributed by atoms with van der Waals surface area (Å²) in [5.74, 6) is 0.783. The molecule has 1 atom stereocenters. The summed E-state index contributed by atoms with van der Waals surface area (Å²) in [6.45, 7) is 5.73. The summed E-state index contributed by atoms with van der Waals surface area (Å²) >= 11 is 0. The van der Waals surface area contributed by atoms with Crippen molar-refractivity contribution in [2.75, 3.05) is 59.7 Å². The highest BCUT2D eigenvalue weighted by Gasteiger charge is 2.18. The van der Waals surface area contributed by atoms with Crippen LogP contribution in [0.25, 0.3) is 6.08 Å². The molecule has 8 heteroatoms. The highest BCUT2D eigenvalue weighted by molar-refractivity contribution is 6.01. The lowest BCUT2D eigenvalue weighted by Crippen LogP contribution is -2.38. The Balaban J connectivity index is 1.61. The molecule has 1 N–H and O–H groups in total. The molecule has 2 fully saturated rings. The fraction of sp³-hybridized carbons (Fsp3) is 0.545. The molecule has 1 aromatic carbocycles. The van der Waals surface area contributed by atoms with Gasteiger partial charge in [0.25, 0.3) is 5.91 Å². The summed E-state index contributed by atoms with van der Waals surface area (Å²) in [6, 6.07) is 7.32. The van der Waals surface area contributed by atoms with Crippen LogP contribution in [0.5, 0.6) is 11.5 Å². The minimum atomic E-state index is -0.404. The number of hydrogen-bond acceptors (Lipinski definition) is 7. The van der Waals surface area contributed by atoms with E-state index in [9.17, 15) is 10.1 Å². The van der Waals surface area contributed by atoms with Gasteiger partial charge in [-0.15, -0.1) is 0 Å². The number of ether oxygens (including phenoxy) is 4. The van der Waals surface area contributed by atoms with Gasteiger partial charge < -0.3 is 24.3 Å². The Morgan fingerprint density at radius 1 is 1.33 bits per heavy atom. The second-order valence-corrected chi connectivity index (χ2v) is 7.23. The molecule has 0 saturated carbocycles. The first kappa shape index (κ1) is 22.1. The molecule has 0 aliphatic carbocycles. The van der Waals surface area contributed by atoms with Gasteiger partial charge in [-0.1, -0.05) is 6.07 Å². The van der Waals surface area contributed by atoms with Crippen LogP contribution in [-0.4, -0.2) is 76.6 Å². The Kier molecular flexibility index (Phi) is 8.51. The van der Waals surface area contributed by atoms with E-state index in [1.807, 2.05) is 6.07 Å². The molecule has 30 heavy (non-hydrogen) atoms. The number of nitrogens with zero attached hydrogens (tertiary/aromatic N) is 2. The van der Waals surface area contributed by atoms with Gasteiger partial charge >= 0.3 is 0 Å². The summed E-state index contributed by atoms with van der Waals surface area (Å²) < 4.78 is 22.2. The fourth-order valence-electron chi connectivity index (χ4n) is 3.43. The van der Waals surface area contributed by atoms with E-state index in [1.54, 1.807) is 31.4 Å². The van der Waals surface area contributed by atoms with Crippen LogP contribution in [-0.2, 0) is 14.3 Å². The number of carbonyl (C=O) groups is 1. The van der Waals surface area contributed by atoms with Gasteiger partial charge in [-0.3, -0.25) is 9.69 Å². The number of carbonyl (C=O) groups excluding carboxylic acids is 1. The lowest BCUT2D eigenvalue weighted by molar-refractivity contribution is -0.117. The van der Waals surface area contributed by atoms with Crippen LogP contribution in [0.4, 0.5) is 0 Å². The van der Waals surface area contributed by atoms with Crippen LogP contribution in [0, 0.1) is 11.3 Å². The quantitative estimate of drug-likeness (QED) is 0.484. The average Bonchev–Trinajstić information content (AvgIpc) is 3.30. The molecule has 0 radical (unpaired) electrons. The number of benzene rings is 1. The maximum absolute atomic E-state index is 12.4. The number of amides is 1. The van der Waals surface area contributed by atoms with Crippen LogP contribution in [0.2, 0.25) is 0 Å². The van der Waals surface area contributed by atoms with Crippen LogP contribution in [0.15, 0.2) is 23.8 Å². The fourth-order valence-corrected chi connectivity index (χ4v) is 3.43. The molecule has 162 valence electrons. The third-order valence-corrected chi connectivity index (χ3v) is 5.15. The molecule has 0 aromatic heterocycles. The Labute approximate surface area is 177 Å². The monoisotopic (exact) mass is 415 g/mol. The van der Waals surface area contributed by atoms with Crippen LogP contribution in [0.3, 0.4) is 0 Å². The largest absolute Gasteiger partial charge is 0.493 e. The predicted octanol–water partition coefficient (Wildman–Crippen LogP) is 1.61. The predicted molar refractivity (Wildman–Crippen MR) is 111 cm³/mol. The van der Waals surface area contributed by atoms with Crippen molar-refractivity contribution < 1.29 is 23.7 Å². The second kappa shape index (κ2) is 11.6. The van der Waals surface area contributed by atoms with Gasteiger partial charge in [-0.2, -0.15) is 5.26 Å². The first-order valence-corrected chi connectivity index (χ1v) is 10.3. The second-order valence-electron chi connectivity index (χ2n) is 7.23. The number of rotatable bonds is 9.